The quantitative estimate of drug-likeness (QED) is 0.367. The van der Waals surface area contributed by atoms with Crippen molar-refractivity contribution in [3.05, 3.63) is 53.4 Å². The Morgan fingerprint density at radius 2 is 2.03 bits per heavy atom. The molecular formula is C23H22N6O6. The lowest BCUT2D eigenvalue weighted by atomic mass is 10.0. The van der Waals surface area contributed by atoms with Crippen molar-refractivity contribution in [1.82, 2.24) is 30.1 Å². The molecule has 4 amide bonds. The Hall–Kier alpha value is -4.35. The van der Waals surface area contributed by atoms with Gasteiger partial charge >= 0.3 is 5.97 Å². The summed E-state index contributed by atoms with van der Waals surface area (Å²) in [7, 11) is 1.26. The number of amides is 4. The molecule has 5 rings (SSSR count). The van der Waals surface area contributed by atoms with E-state index in [1.807, 2.05) is 0 Å². The normalized spacial score (nSPS) is 23.5. The van der Waals surface area contributed by atoms with E-state index in [0.717, 1.165) is 0 Å². The molecule has 12 nitrogen and oxygen atoms in total. The zero-order valence-corrected chi connectivity index (χ0v) is 19.1. The molecule has 0 aliphatic carbocycles. The largest absolute Gasteiger partial charge is 0.467 e. The highest BCUT2D eigenvalue weighted by Gasteiger charge is 2.44. The van der Waals surface area contributed by atoms with E-state index in [0.29, 0.717) is 16.8 Å². The zero-order valence-electron chi connectivity index (χ0n) is 19.1. The van der Waals surface area contributed by atoms with E-state index in [2.05, 4.69) is 15.6 Å². The summed E-state index contributed by atoms with van der Waals surface area (Å²) in [6.07, 6.45) is 5.24. The van der Waals surface area contributed by atoms with Gasteiger partial charge < -0.3 is 14.5 Å². The van der Waals surface area contributed by atoms with Crippen LogP contribution in [0.4, 0.5) is 0 Å². The number of hydrogen-bond acceptors (Lipinski definition) is 8. The number of esters is 1. The van der Waals surface area contributed by atoms with E-state index in [1.165, 1.54) is 27.8 Å². The van der Waals surface area contributed by atoms with Gasteiger partial charge in [-0.15, -0.1) is 5.10 Å². The fourth-order valence-electron chi connectivity index (χ4n) is 4.68. The van der Waals surface area contributed by atoms with Crippen LogP contribution in [0, 0.1) is 0 Å². The highest BCUT2D eigenvalue weighted by molar-refractivity contribution is 6.05. The number of nitrogens with zero attached hydrogens (tertiary/aromatic N) is 5. The van der Waals surface area contributed by atoms with E-state index in [1.54, 1.807) is 37.3 Å². The Bertz CT molecular complexity index is 1320. The number of benzene rings is 1. The summed E-state index contributed by atoms with van der Waals surface area (Å²) in [6.45, 7) is 2.04. The van der Waals surface area contributed by atoms with Crippen LogP contribution in [0.25, 0.3) is 5.69 Å². The van der Waals surface area contributed by atoms with Crippen LogP contribution < -0.4 is 5.32 Å². The third-order valence-electron chi connectivity index (χ3n) is 6.62. The number of fused-ring (bicyclic) bond motifs is 1. The predicted molar refractivity (Wildman–Crippen MR) is 118 cm³/mol. The Labute approximate surface area is 199 Å². The molecule has 0 bridgehead atoms. The molecule has 0 spiro atoms. The summed E-state index contributed by atoms with van der Waals surface area (Å²) < 4.78 is 6.25. The summed E-state index contributed by atoms with van der Waals surface area (Å²) in [6, 6.07) is 4.35. The van der Waals surface area contributed by atoms with Crippen LogP contribution in [0.15, 0.2) is 36.5 Å². The van der Waals surface area contributed by atoms with E-state index in [4.69, 9.17) is 4.74 Å². The van der Waals surface area contributed by atoms with Gasteiger partial charge in [0.15, 0.2) is 11.2 Å². The molecule has 3 aliphatic heterocycles. The van der Waals surface area contributed by atoms with Crippen molar-refractivity contribution < 1.29 is 28.7 Å². The standard InChI is InChI=1S/C23H22N6O6/c1-23(22(34)35-2)8-3-9-28(23)21(33)16-12-29(26-25-16)14-4-5-15-13(10-14)11-27(20(15)32)17-6-7-18(30)24-19(17)31/h3-5,8,10,12,17H,6-7,9,11H2,1-2H3,(H,24,30,31). The second kappa shape index (κ2) is 8.15. The Kier molecular flexibility index (Phi) is 5.23. The van der Waals surface area contributed by atoms with E-state index in [-0.39, 0.29) is 43.4 Å². The maximum atomic E-state index is 13.1. The Balaban J connectivity index is 1.36. The number of methoxy groups -OCH3 is 1. The molecule has 0 saturated carbocycles. The summed E-state index contributed by atoms with van der Waals surface area (Å²) >= 11 is 0. The molecule has 180 valence electrons. The molecule has 2 atom stereocenters. The molecule has 0 radical (unpaired) electrons. The number of carbonyl (C=O) groups excluding carboxylic acids is 5. The summed E-state index contributed by atoms with van der Waals surface area (Å²) in [5, 5.41) is 10.3. The number of hydrogen-bond donors (Lipinski definition) is 1. The van der Waals surface area contributed by atoms with Gasteiger partial charge in [-0.2, -0.15) is 0 Å². The maximum absolute atomic E-state index is 13.1. The third-order valence-corrected chi connectivity index (χ3v) is 6.62. The van der Waals surface area contributed by atoms with Gasteiger partial charge in [0.1, 0.15) is 6.04 Å². The van der Waals surface area contributed by atoms with Gasteiger partial charge in [-0.3, -0.25) is 24.5 Å². The average molecular weight is 478 g/mol. The Morgan fingerprint density at radius 1 is 1.23 bits per heavy atom. The minimum absolute atomic E-state index is 0.0468. The number of ether oxygens (including phenoxy) is 1. The topological polar surface area (TPSA) is 144 Å². The van der Waals surface area contributed by atoms with Gasteiger partial charge in [-0.05, 0) is 37.1 Å². The van der Waals surface area contributed by atoms with Crippen LogP contribution in [-0.2, 0) is 25.7 Å². The number of imide groups is 1. The number of piperidine rings is 1. The van der Waals surface area contributed by atoms with Gasteiger partial charge in [0, 0.05) is 25.1 Å². The second-order valence-electron chi connectivity index (χ2n) is 8.75. The first-order valence-corrected chi connectivity index (χ1v) is 11.0. The fourth-order valence-corrected chi connectivity index (χ4v) is 4.68. The van der Waals surface area contributed by atoms with Gasteiger partial charge in [-0.25, -0.2) is 9.48 Å². The molecule has 1 aromatic heterocycles. The lowest BCUT2D eigenvalue weighted by molar-refractivity contribution is -0.149. The monoisotopic (exact) mass is 478 g/mol. The summed E-state index contributed by atoms with van der Waals surface area (Å²) in [4.78, 5) is 64.7. The van der Waals surface area contributed by atoms with E-state index in [9.17, 15) is 24.0 Å². The molecule has 2 aromatic rings. The average Bonchev–Trinajstić information content (AvgIpc) is 3.56. The van der Waals surface area contributed by atoms with Crippen LogP contribution in [0.2, 0.25) is 0 Å². The SMILES string of the molecule is COC(=O)C1(C)C=CCN1C(=O)c1cn(-c2ccc3c(c2)CN(C2CCC(=O)NC2=O)C3=O)nn1. The molecule has 1 saturated heterocycles. The van der Waals surface area contributed by atoms with Crippen molar-refractivity contribution in [2.45, 2.75) is 37.9 Å². The van der Waals surface area contributed by atoms with Gasteiger partial charge in [-0.1, -0.05) is 17.4 Å². The van der Waals surface area contributed by atoms with Gasteiger partial charge in [0.2, 0.25) is 11.8 Å². The lowest BCUT2D eigenvalue weighted by Gasteiger charge is -2.31. The number of rotatable bonds is 4. The third kappa shape index (κ3) is 3.57. The second-order valence-corrected chi connectivity index (χ2v) is 8.75. The molecular weight excluding hydrogens is 456 g/mol. The molecule has 1 aromatic carbocycles. The smallest absolute Gasteiger partial charge is 0.335 e. The number of carbonyl (C=O) groups is 5. The van der Waals surface area contributed by atoms with Gasteiger partial charge in [0.05, 0.1) is 19.0 Å². The molecule has 4 heterocycles. The van der Waals surface area contributed by atoms with Crippen molar-refractivity contribution in [3.8, 4) is 5.69 Å². The summed E-state index contributed by atoms with van der Waals surface area (Å²) in [5.41, 5.74) is 0.548. The molecule has 2 unspecified atom stereocenters. The first-order chi connectivity index (χ1) is 16.7. The fraction of sp³-hybridized carbons (Fsp3) is 0.348. The molecule has 3 aliphatic rings. The highest BCUT2D eigenvalue weighted by Crippen LogP contribution is 2.29. The minimum atomic E-state index is -1.23. The first kappa shape index (κ1) is 22.4. The zero-order chi connectivity index (χ0) is 24.9. The predicted octanol–water partition coefficient (Wildman–Crippen LogP) is -0.0280. The molecule has 12 heteroatoms. The lowest BCUT2D eigenvalue weighted by Crippen LogP contribution is -2.52. The van der Waals surface area contributed by atoms with E-state index < -0.39 is 29.4 Å². The Morgan fingerprint density at radius 3 is 2.77 bits per heavy atom. The van der Waals surface area contributed by atoms with Crippen LogP contribution in [0.3, 0.4) is 0 Å². The van der Waals surface area contributed by atoms with Crippen LogP contribution in [0.1, 0.15) is 46.2 Å². The number of nitrogens with one attached hydrogen (secondary N) is 1. The molecule has 1 fully saturated rings. The van der Waals surface area contributed by atoms with E-state index >= 15 is 0 Å². The van der Waals surface area contributed by atoms with Crippen LogP contribution in [-0.4, -0.2) is 79.6 Å². The molecule has 1 N–H and O–H groups in total. The van der Waals surface area contributed by atoms with Crippen LogP contribution >= 0.6 is 0 Å². The van der Waals surface area contributed by atoms with Crippen molar-refractivity contribution in [1.29, 1.82) is 0 Å². The molecule has 35 heavy (non-hydrogen) atoms. The van der Waals surface area contributed by atoms with Crippen molar-refractivity contribution >= 4 is 29.6 Å². The summed E-state index contributed by atoms with van der Waals surface area (Å²) in [5.74, 6) is -2.13. The van der Waals surface area contributed by atoms with Gasteiger partial charge in [0.25, 0.3) is 11.8 Å². The number of aromatic nitrogens is 3. The van der Waals surface area contributed by atoms with Crippen molar-refractivity contribution in [3.63, 3.8) is 0 Å². The van der Waals surface area contributed by atoms with Crippen LogP contribution in [0.5, 0.6) is 0 Å². The van der Waals surface area contributed by atoms with Crippen molar-refractivity contribution in [2.24, 2.45) is 0 Å². The highest BCUT2D eigenvalue weighted by atomic mass is 16.5. The minimum Gasteiger partial charge on any atom is -0.467 e. The first-order valence-electron chi connectivity index (χ1n) is 11.0. The maximum Gasteiger partial charge on any atom is 0.335 e. The van der Waals surface area contributed by atoms with Crippen molar-refractivity contribution in [2.75, 3.05) is 13.7 Å².